The van der Waals surface area contributed by atoms with Crippen LogP contribution in [0.4, 0.5) is 10.2 Å². The van der Waals surface area contributed by atoms with Crippen molar-refractivity contribution in [3.63, 3.8) is 0 Å². The highest BCUT2D eigenvalue weighted by Crippen LogP contribution is 2.19. The van der Waals surface area contributed by atoms with Gasteiger partial charge in [-0.05, 0) is 0 Å². The molecular formula is C6H8ClFN4. The van der Waals surface area contributed by atoms with Crippen molar-refractivity contribution >= 4 is 17.4 Å². The summed E-state index contributed by atoms with van der Waals surface area (Å²) in [6, 6.07) is 0. The Labute approximate surface area is 74.0 Å². The lowest BCUT2D eigenvalue weighted by atomic mass is 10.5. The standard InChI is InChI=1S/C6H8ClFN4/c7-4-5(8)11-3-12-6(4)10-2-1-9/h3H,1-2,9H2,(H,10,11,12). The van der Waals surface area contributed by atoms with Gasteiger partial charge in [0.1, 0.15) is 11.3 Å². The first-order valence-corrected chi connectivity index (χ1v) is 3.73. The summed E-state index contributed by atoms with van der Waals surface area (Å²) in [6.07, 6.45) is 1.10. The zero-order valence-electron chi connectivity index (χ0n) is 6.22. The predicted molar refractivity (Wildman–Crippen MR) is 44.5 cm³/mol. The molecule has 0 unspecified atom stereocenters. The van der Waals surface area contributed by atoms with Gasteiger partial charge in [-0.25, -0.2) is 9.97 Å². The number of nitrogens with zero attached hydrogens (tertiary/aromatic N) is 2. The molecule has 0 aromatic carbocycles. The highest BCUT2D eigenvalue weighted by atomic mass is 35.5. The number of nitrogens with two attached hydrogens (primary N) is 1. The van der Waals surface area contributed by atoms with E-state index in [9.17, 15) is 4.39 Å². The van der Waals surface area contributed by atoms with Crippen molar-refractivity contribution in [2.24, 2.45) is 5.73 Å². The largest absolute Gasteiger partial charge is 0.367 e. The first-order valence-electron chi connectivity index (χ1n) is 3.35. The molecule has 0 saturated carbocycles. The highest BCUT2D eigenvalue weighted by molar-refractivity contribution is 6.32. The average Bonchev–Trinajstić information content (AvgIpc) is 2.08. The molecule has 66 valence electrons. The number of hydrogen-bond acceptors (Lipinski definition) is 4. The van der Waals surface area contributed by atoms with E-state index < -0.39 is 5.95 Å². The van der Waals surface area contributed by atoms with E-state index in [-0.39, 0.29) is 10.8 Å². The molecule has 0 fully saturated rings. The van der Waals surface area contributed by atoms with Gasteiger partial charge in [-0.2, -0.15) is 4.39 Å². The molecule has 0 spiro atoms. The summed E-state index contributed by atoms with van der Waals surface area (Å²) in [5.74, 6) is -0.458. The van der Waals surface area contributed by atoms with Crippen LogP contribution < -0.4 is 11.1 Å². The summed E-state index contributed by atoms with van der Waals surface area (Å²) in [5, 5.41) is 2.65. The first kappa shape index (κ1) is 9.15. The third kappa shape index (κ3) is 2.02. The van der Waals surface area contributed by atoms with Crippen LogP contribution in [0.2, 0.25) is 5.02 Å². The minimum absolute atomic E-state index is 0.106. The quantitative estimate of drug-likeness (QED) is 0.687. The Morgan fingerprint density at radius 2 is 2.33 bits per heavy atom. The number of anilines is 1. The fraction of sp³-hybridized carbons (Fsp3) is 0.333. The molecule has 0 bridgehead atoms. The first-order chi connectivity index (χ1) is 5.75. The highest BCUT2D eigenvalue weighted by Gasteiger charge is 2.06. The lowest BCUT2D eigenvalue weighted by Gasteiger charge is -2.04. The molecule has 1 heterocycles. The molecule has 0 aliphatic heterocycles. The Morgan fingerprint density at radius 3 is 3.00 bits per heavy atom. The van der Waals surface area contributed by atoms with Gasteiger partial charge in [-0.1, -0.05) is 11.6 Å². The van der Waals surface area contributed by atoms with Crippen LogP contribution in [0.1, 0.15) is 0 Å². The van der Waals surface area contributed by atoms with Crippen LogP contribution in [-0.2, 0) is 0 Å². The second-order valence-corrected chi connectivity index (χ2v) is 2.42. The fourth-order valence-electron chi connectivity index (χ4n) is 0.662. The summed E-state index contributed by atoms with van der Waals surface area (Å²) < 4.78 is 12.7. The maximum absolute atomic E-state index is 12.7. The van der Waals surface area contributed by atoms with Crippen LogP contribution in [-0.4, -0.2) is 23.1 Å². The SMILES string of the molecule is NCCNc1ncnc(F)c1Cl. The summed E-state index contributed by atoms with van der Waals surface area (Å²) in [4.78, 5) is 6.99. The van der Waals surface area contributed by atoms with Crippen LogP contribution >= 0.6 is 11.6 Å². The molecule has 0 amide bonds. The van der Waals surface area contributed by atoms with Gasteiger partial charge in [0.15, 0.2) is 5.82 Å². The van der Waals surface area contributed by atoms with E-state index in [2.05, 4.69) is 15.3 Å². The smallest absolute Gasteiger partial charge is 0.236 e. The van der Waals surface area contributed by atoms with Gasteiger partial charge in [0.25, 0.3) is 0 Å². The molecule has 0 aliphatic carbocycles. The fourth-order valence-corrected chi connectivity index (χ4v) is 0.827. The van der Waals surface area contributed by atoms with Crippen LogP contribution in [0, 0.1) is 5.95 Å². The van der Waals surface area contributed by atoms with Gasteiger partial charge in [0.05, 0.1) is 0 Å². The molecule has 3 N–H and O–H groups in total. The third-order valence-electron chi connectivity index (χ3n) is 1.18. The van der Waals surface area contributed by atoms with Gasteiger partial charge in [-0.3, -0.25) is 0 Å². The van der Waals surface area contributed by atoms with E-state index in [4.69, 9.17) is 17.3 Å². The van der Waals surface area contributed by atoms with E-state index in [1.807, 2.05) is 0 Å². The monoisotopic (exact) mass is 190 g/mol. The van der Waals surface area contributed by atoms with Crippen LogP contribution in [0.3, 0.4) is 0 Å². The van der Waals surface area contributed by atoms with Gasteiger partial charge in [0, 0.05) is 13.1 Å². The lowest BCUT2D eigenvalue weighted by Crippen LogP contribution is -2.14. The number of halogens is 2. The van der Waals surface area contributed by atoms with Crippen molar-refractivity contribution in [2.45, 2.75) is 0 Å². The molecule has 6 heteroatoms. The van der Waals surface area contributed by atoms with Crippen molar-refractivity contribution in [3.05, 3.63) is 17.3 Å². The zero-order valence-corrected chi connectivity index (χ0v) is 6.98. The van der Waals surface area contributed by atoms with Crippen LogP contribution in [0.5, 0.6) is 0 Å². The summed E-state index contributed by atoms with van der Waals surface area (Å²) in [5.41, 5.74) is 5.22. The van der Waals surface area contributed by atoms with Crippen molar-refractivity contribution in [2.75, 3.05) is 18.4 Å². The Morgan fingerprint density at radius 1 is 1.58 bits per heavy atom. The van der Waals surface area contributed by atoms with E-state index in [0.717, 1.165) is 6.33 Å². The molecule has 0 atom stereocenters. The molecule has 12 heavy (non-hydrogen) atoms. The van der Waals surface area contributed by atoms with Crippen LogP contribution in [0.15, 0.2) is 6.33 Å². The number of hydrogen-bond donors (Lipinski definition) is 2. The Hall–Kier alpha value is -0.940. The Balaban J connectivity index is 2.78. The molecule has 1 rings (SSSR count). The second kappa shape index (κ2) is 4.18. The minimum atomic E-state index is -0.730. The van der Waals surface area contributed by atoms with Crippen LogP contribution in [0.25, 0.3) is 0 Å². The van der Waals surface area contributed by atoms with Gasteiger partial charge < -0.3 is 11.1 Å². The summed E-state index contributed by atoms with van der Waals surface area (Å²) in [7, 11) is 0. The van der Waals surface area contributed by atoms with Crippen molar-refractivity contribution in [1.29, 1.82) is 0 Å². The van der Waals surface area contributed by atoms with Crippen molar-refractivity contribution < 1.29 is 4.39 Å². The maximum Gasteiger partial charge on any atom is 0.236 e. The van der Waals surface area contributed by atoms with E-state index in [1.54, 1.807) is 0 Å². The summed E-state index contributed by atoms with van der Waals surface area (Å²) in [6.45, 7) is 0.929. The predicted octanol–water partition coefficient (Wildman–Crippen LogP) is 0.640. The van der Waals surface area contributed by atoms with E-state index in [0.29, 0.717) is 13.1 Å². The van der Waals surface area contributed by atoms with Gasteiger partial charge >= 0.3 is 0 Å². The molecule has 1 aromatic rings. The van der Waals surface area contributed by atoms with E-state index >= 15 is 0 Å². The maximum atomic E-state index is 12.7. The van der Waals surface area contributed by atoms with Gasteiger partial charge in [0.2, 0.25) is 5.95 Å². The zero-order chi connectivity index (χ0) is 8.97. The molecule has 0 radical (unpaired) electrons. The molecule has 1 aromatic heterocycles. The Bertz CT molecular complexity index is 268. The molecule has 0 saturated heterocycles. The number of rotatable bonds is 3. The molecular weight excluding hydrogens is 183 g/mol. The van der Waals surface area contributed by atoms with Gasteiger partial charge in [-0.15, -0.1) is 0 Å². The Kier molecular flexibility index (Phi) is 3.19. The minimum Gasteiger partial charge on any atom is -0.367 e. The number of nitrogens with one attached hydrogen (secondary N) is 1. The third-order valence-corrected chi connectivity index (χ3v) is 1.52. The lowest BCUT2D eigenvalue weighted by molar-refractivity contribution is 0.580. The second-order valence-electron chi connectivity index (χ2n) is 2.04. The molecule has 4 nitrogen and oxygen atoms in total. The normalized spacial score (nSPS) is 9.92. The van der Waals surface area contributed by atoms with Crippen molar-refractivity contribution in [3.8, 4) is 0 Å². The van der Waals surface area contributed by atoms with E-state index in [1.165, 1.54) is 0 Å². The topological polar surface area (TPSA) is 63.8 Å². The average molecular weight is 191 g/mol. The molecule has 0 aliphatic rings. The van der Waals surface area contributed by atoms with Crippen molar-refractivity contribution in [1.82, 2.24) is 9.97 Å². The summed E-state index contributed by atoms with van der Waals surface area (Å²) >= 11 is 5.53. The number of aromatic nitrogens is 2.